The van der Waals surface area contributed by atoms with E-state index in [9.17, 15) is 0 Å². The van der Waals surface area contributed by atoms with Crippen molar-refractivity contribution in [3.05, 3.63) is 16.1 Å². The second-order valence-electron chi connectivity index (χ2n) is 6.27. The standard InChI is InChI=1S/C15H26N2S/c1-12(2)9-16-11-15(6-4-5-7-15)8-14-10-18-13(3)17-14/h10,12,16H,4-9,11H2,1-3H3. The number of nitrogens with zero attached hydrogens (tertiary/aromatic N) is 1. The number of aromatic nitrogens is 1. The minimum Gasteiger partial charge on any atom is -0.316 e. The van der Waals surface area contributed by atoms with E-state index >= 15 is 0 Å². The highest BCUT2D eigenvalue weighted by Gasteiger charge is 2.34. The van der Waals surface area contributed by atoms with Crippen molar-refractivity contribution in [1.82, 2.24) is 10.3 Å². The molecule has 1 fully saturated rings. The van der Waals surface area contributed by atoms with Crippen LogP contribution in [0.3, 0.4) is 0 Å². The van der Waals surface area contributed by atoms with Gasteiger partial charge in [-0.05, 0) is 44.1 Å². The lowest BCUT2D eigenvalue weighted by atomic mass is 9.81. The minimum absolute atomic E-state index is 0.482. The maximum Gasteiger partial charge on any atom is 0.0897 e. The lowest BCUT2D eigenvalue weighted by Gasteiger charge is -2.29. The minimum atomic E-state index is 0.482. The predicted octanol–water partition coefficient (Wildman–Crippen LogP) is 3.80. The van der Waals surface area contributed by atoms with Crippen LogP contribution in [0.2, 0.25) is 0 Å². The molecule has 3 heteroatoms. The molecule has 0 radical (unpaired) electrons. The first-order valence-corrected chi connectivity index (χ1v) is 8.09. The Bertz CT molecular complexity index is 364. The highest BCUT2D eigenvalue weighted by atomic mass is 32.1. The summed E-state index contributed by atoms with van der Waals surface area (Å²) < 4.78 is 0. The fourth-order valence-electron chi connectivity index (χ4n) is 3.04. The molecule has 1 N–H and O–H groups in total. The Hall–Kier alpha value is -0.410. The van der Waals surface area contributed by atoms with Gasteiger partial charge in [0.2, 0.25) is 0 Å². The van der Waals surface area contributed by atoms with Crippen molar-refractivity contribution in [3.8, 4) is 0 Å². The molecular weight excluding hydrogens is 240 g/mol. The molecule has 0 spiro atoms. The van der Waals surface area contributed by atoms with Gasteiger partial charge < -0.3 is 5.32 Å². The molecule has 1 heterocycles. The highest BCUT2D eigenvalue weighted by Crippen LogP contribution is 2.40. The molecular formula is C15H26N2S. The van der Waals surface area contributed by atoms with E-state index in [4.69, 9.17) is 0 Å². The molecule has 1 aromatic rings. The van der Waals surface area contributed by atoms with Crippen LogP contribution in [0.5, 0.6) is 0 Å². The summed E-state index contributed by atoms with van der Waals surface area (Å²) in [5.41, 5.74) is 1.79. The van der Waals surface area contributed by atoms with Crippen molar-refractivity contribution in [2.45, 2.75) is 52.9 Å². The van der Waals surface area contributed by atoms with E-state index in [0.29, 0.717) is 5.41 Å². The summed E-state index contributed by atoms with van der Waals surface area (Å²) in [5.74, 6) is 0.741. The Labute approximate surface area is 115 Å². The molecule has 0 unspecified atom stereocenters. The van der Waals surface area contributed by atoms with Gasteiger partial charge in [0.15, 0.2) is 0 Å². The molecule has 1 aliphatic rings. The third kappa shape index (κ3) is 3.79. The molecule has 2 nitrogen and oxygen atoms in total. The zero-order valence-corrected chi connectivity index (χ0v) is 12.8. The van der Waals surface area contributed by atoms with Gasteiger partial charge in [0.25, 0.3) is 0 Å². The lowest BCUT2D eigenvalue weighted by molar-refractivity contribution is 0.271. The summed E-state index contributed by atoms with van der Waals surface area (Å²) in [6.07, 6.45) is 6.70. The summed E-state index contributed by atoms with van der Waals surface area (Å²) in [5, 5.41) is 7.12. The molecule has 2 rings (SSSR count). The van der Waals surface area contributed by atoms with Gasteiger partial charge in [-0.2, -0.15) is 0 Å². The van der Waals surface area contributed by atoms with Crippen molar-refractivity contribution in [3.63, 3.8) is 0 Å². The van der Waals surface area contributed by atoms with Gasteiger partial charge in [0, 0.05) is 11.9 Å². The van der Waals surface area contributed by atoms with Crippen LogP contribution in [0.25, 0.3) is 0 Å². The fraction of sp³-hybridized carbons (Fsp3) is 0.800. The largest absolute Gasteiger partial charge is 0.316 e. The Morgan fingerprint density at radius 1 is 1.39 bits per heavy atom. The Morgan fingerprint density at radius 3 is 2.67 bits per heavy atom. The zero-order valence-electron chi connectivity index (χ0n) is 12.0. The first-order valence-electron chi connectivity index (χ1n) is 7.21. The first-order chi connectivity index (χ1) is 8.60. The van der Waals surface area contributed by atoms with Crippen LogP contribution in [-0.2, 0) is 6.42 Å². The number of aryl methyl sites for hydroxylation is 1. The zero-order chi connectivity index (χ0) is 13.0. The van der Waals surface area contributed by atoms with Gasteiger partial charge in [0.05, 0.1) is 10.7 Å². The van der Waals surface area contributed by atoms with Crippen molar-refractivity contribution in [2.24, 2.45) is 11.3 Å². The van der Waals surface area contributed by atoms with E-state index in [1.807, 2.05) is 0 Å². The van der Waals surface area contributed by atoms with Crippen LogP contribution in [0.1, 0.15) is 50.2 Å². The maximum absolute atomic E-state index is 4.65. The summed E-state index contributed by atoms with van der Waals surface area (Å²) in [6, 6.07) is 0. The Kier molecular flexibility index (Phi) is 4.79. The molecule has 0 bridgehead atoms. The van der Waals surface area contributed by atoms with Crippen molar-refractivity contribution < 1.29 is 0 Å². The van der Waals surface area contributed by atoms with E-state index in [0.717, 1.165) is 12.5 Å². The lowest BCUT2D eigenvalue weighted by Crippen LogP contribution is -2.35. The fourth-order valence-corrected chi connectivity index (χ4v) is 3.65. The second kappa shape index (κ2) is 6.16. The van der Waals surface area contributed by atoms with Gasteiger partial charge in [0.1, 0.15) is 0 Å². The van der Waals surface area contributed by atoms with Crippen molar-refractivity contribution in [2.75, 3.05) is 13.1 Å². The van der Waals surface area contributed by atoms with Gasteiger partial charge in [-0.3, -0.25) is 0 Å². The number of rotatable bonds is 6. The summed E-state index contributed by atoms with van der Waals surface area (Å²) in [4.78, 5) is 4.65. The molecule has 1 aliphatic carbocycles. The van der Waals surface area contributed by atoms with Crippen LogP contribution in [0.4, 0.5) is 0 Å². The smallest absolute Gasteiger partial charge is 0.0897 e. The van der Waals surface area contributed by atoms with Crippen LogP contribution in [0.15, 0.2) is 5.38 Å². The Morgan fingerprint density at radius 2 is 2.11 bits per heavy atom. The third-order valence-corrected chi connectivity index (χ3v) is 4.76. The molecule has 102 valence electrons. The van der Waals surface area contributed by atoms with E-state index in [2.05, 4.69) is 36.5 Å². The number of nitrogens with one attached hydrogen (secondary N) is 1. The molecule has 0 aromatic carbocycles. The predicted molar refractivity (Wildman–Crippen MR) is 79.2 cm³/mol. The van der Waals surface area contributed by atoms with Crippen LogP contribution in [0, 0.1) is 18.3 Å². The summed E-state index contributed by atoms with van der Waals surface area (Å²) >= 11 is 1.78. The molecule has 18 heavy (non-hydrogen) atoms. The quantitative estimate of drug-likeness (QED) is 0.847. The van der Waals surface area contributed by atoms with E-state index in [-0.39, 0.29) is 0 Å². The van der Waals surface area contributed by atoms with Crippen molar-refractivity contribution >= 4 is 11.3 Å². The monoisotopic (exact) mass is 266 g/mol. The van der Waals surface area contributed by atoms with Crippen LogP contribution >= 0.6 is 11.3 Å². The molecule has 0 amide bonds. The highest BCUT2D eigenvalue weighted by molar-refractivity contribution is 7.09. The van der Waals surface area contributed by atoms with Gasteiger partial charge in [-0.25, -0.2) is 4.98 Å². The van der Waals surface area contributed by atoms with Gasteiger partial charge >= 0.3 is 0 Å². The number of hydrogen-bond acceptors (Lipinski definition) is 3. The van der Waals surface area contributed by atoms with Gasteiger partial charge in [-0.15, -0.1) is 11.3 Å². The van der Waals surface area contributed by atoms with Crippen LogP contribution < -0.4 is 5.32 Å². The van der Waals surface area contributed by atoms with Gasteiger partial charge in [-0.1, -0.05) is 26.7 Å². The normalized spacial score (nSPS) is 18.7. The topological polar surface area (TPSA) is 24.9 Å². The van der Waals surface area contributed by atoms with Crippen LogP contribution in [-0.4, -0.2) is 18.1 Å². The SMILES string of the molecule is Cc1nc(CC2(CNCC(C)C)CCCC2)cs1. The Balaban J connectivity index is 1.93. The first kappa shape index (κ1) is 14.0. The molecule has 0 saturated heterocycles. The third-order valence-electron chi connectivity index (χ3n) is 3.94. The number of hydrogen-bond donors (Lipinski definition) is 1. The molecule has 0 atom stereocenters. The summed E-state index contributed by atoms with van der Waals surface area (Å²) in [7, 11) is 0. The average molecular weight is 266 g/mol. The molecule has 1 aromatic heterocycles. The van der Waals surface area contributed by atoms with E-state index < -0.39 is 0 Å². The maximum atomic E-state index is 4.65. The average Bonchev–Trinajstić information content (AvgIpc) is 2.89. The summed E-state index contributed by atoms with van der Waals surface area (Å²) in [6.45, 7) is 8.96. The second-order valence-corrected chi connectivity index (χ2v) is 7.33. The molecule has 0 aliphatic heterocycles. The number of thiazole rings is 1. The van der Waals surface area contributed by atoms with E-state index in [1.165, 1.54) is 49.4 Å². The van der Waals surface area contributed by atoms with Crippen molar-refractivity contribution in [1.29, 1.82) is 0 Å². The van der Waals surface area contributed by atoms with E-state index in [1.54, 1.807) is 11.3 Å². The molecule has 1 saturated carbocycles.